The van der Waals surface area contributed by atoms with Gasteiger partial charge in [-0.25, -0.2) is 4.98 Å². The molecule has 1 aromatic heterocycles. The van der Waals surface area contributed by atoms with Crippen LogP contribution in [0.5, 0.6) is 0 Å². The summed E-state index contributed by atoms with van der Waals surface area (Å²) in [5.41, 5.74) is 6.20. The Kier molecular flexibility index (Phi) is 3.89. The van der Waals surface area contributed by atoms with E-state index in [-0.39, 0.29) is 0 Å². The van der Waals surface area contributed by atoms with Crippen molar-refractivity contribution in [3.63, 3.8) is 0 Å². The number of aromatic nitrogens is 2. The monoisotopic (exact) mass is 190 g/mol. The average molecular weight is 190 g/mol. The molecule has 4 nitrogen and oxygen atoms in total. The Bertz CT molecular complexity index is 312. The van der Waals surface area contributed by atoms with E-state index in [1.807, 2.05) is 11.8 Å². The first-order valence-corrected chi connectivity index (χ1v) is 4.51. The fourth-order valence-electron chi connectivity index (χ4n) is 1.08. The molecule has 0 aliphatic carbocycles. The Morgan fingerprint density at radius 1 is 1.50 bits per heavy atom. The standard InChI is InChI=1S/C10H14N4/c1-3-5-14(4-2)10-8-12-9(6-11)7-13-10/h1,7-8H,4-6,11H2,2H3. The van der Waals surface area contributed by atoms with E-state index in [0.29, 0.717) is 13.1 Å². The van der Waals surface area contributed by atoms with E-state index in [9.17, 15) is 0 Å². The molecule has 74 valence electrons. The Hall–Kier alpha value is -1.60. The normalized spacial score (nSPS) is 9.50. The molecular weight excluding hydrogens is 176 g/mol. The van der Waals surface area contributed by atoms with Crippen molar-refractivity contribution < 1.29 is 0 Å². The summed E-state index contributed by atoms with van der Waals surface area (Å²) in [6, 6.07) is 0. The molecule has 0 amide bonds. The van der Waals surface area contributed by atoms with Gasteiger partial charge in [-0.3, -0.25) is 4.98 Å². The highest BCUT2D eigenvalue weighted by molar-refractivity contribution is 5.37. The molecule has 0 unspecified atom stereocenters. The molecule has 0 saturated heterocycles. The minimum atomic E-state index is 0.411. The summed E-state index contributed by atoms with van der Waals surface area (Å²) in [5.74, 6) is 3.37. The third-order valence-corrected chi connectivity index (χ3v) is 1.89. The fourth-order valence-corrected chi connectivity index (χ4v) is 1.08. The van der Waals surface area contributed by atoms with Crippen LogP contribution in [0, 0.1) is 12.3 Å². The summed E-state index contributed by atoms with van der Waals surface area (Å²) in [7, 11) is 0. The maximum atomic E-state index is 5.42. The lowest BCUT2D eigenvalue weighted by molar-refractivity contribution is 0.869. The summed E-state index contributed by atoms with van der Waals surface area (Å²) in [5, 5.41) is 0. The second-order valence-electron chi connectivity index (χ2n) is 2.79. The molecule has 0 aliphatic rings. The van der Waals surface area contributed by atoms with Gasteiger partial charge in [-0.2, -0.15) is 0 Å². The van der Waals surface area contributed by atoms with Gasteiger partial charge in [0.05, 0.1) is 24.6 Å². The lowest BCUT2D eigenvalue weighted by atomic mass is 10.4. The van der Waals surface area contributed by atoms with Gasteiger partial charge in [0.1, 0.15) is 5.82 Å². The van der Waals surface area contributed by atoms with Gasteiger partial charge in [0, 0.05) is 13.1 Å². The number of anilines is 1. The number of rotatable bonds is 4. The minimum Gasteiger partial charge on any atom is -0.344 e. The van der Waals surface area contributed by atoms with Gasteiger partial charge in [0.2, 0.25) is 0 Å². The molecule has 0 fully saturated rings. The molecule has 2 N–H and O–H groups in total. The Morgan fingerprint density at radius 3 is 2.71 bits per heavy atom. The molecule has 0 spiro atoms. The highest BCUT2D eigenvalue weighted by Crippen LogP contribution is 2.07. The van der Waals surface area contributed by atoms with E-state index < -0.39 is 0 Å². The van der Waals surface area contributed by atoms with Crippen LogP contribution in [0.1, 0.15) is 12.6 Å². The zero-order valence-corrected chi connectivity index (χ0v) is 8.27. The first-order valence-electron chi connectivity index (χ1n) is 4.51. The second kappa shape index (κ2) is 5.20. The van der Waals surface area contributed by atoms with Crippen LogP contribution in [0.25, 0.3) is 0 Å². The SMILES string of the molecule is C#CCN(CC)c1cnc(CN)cn1. The summed E-state index contributed by atoms with van der Waals surface area (Å²) in [6.07, 6.45) is 8.61. The van der Waals surface area contributed by atoms with Crippen molar-refractivity contribution in [1.82, 2.24) is 9.97 Å². The van der Waals surface area contributed by atoms with Gasteiger partial charge < -0.3 is 10.6 Å². The van der Waals surface area contributed by atoms with Crippen molar-refractivity contribution in [2.75, 3.05) is 18.0 Å². The summed E-state index contributed by atoms with van der Waals surface area (Å²) >= 11 is 0. The predicted molar refractivity (Wildman–Crippen MR) is 56.6 cm³/mol. The van der Waals surface area contributed by atoms with Crippen LogP contribution in [0.15, 0.2) is 12.4 Å². The lowest BCUT2D eigenvalue weighted by Crippen LogP contribution is -2.24. The van der Waals surface area contributed by atoms with Crippen LogP contribution >= 0.6 is 0 Å². The van der Waals surface area contributed by atoms with Crippen molar-refractivity contribution >= 4 is 5.82 Å². The third-order valence-electron chi connectivity index (χ3n) is 1.89. The van der Waals surface area contributed by atoms with Crippen LogP contribution in [0.4, 0.5) is 5.82 Å². The number of hydrogen-bond acceptors (Lipinski definition) is 4. The molecule has 14 heavy (non-hydrogen) atoms. The van der Waals surface area contributed by atoms with Gasteiger partial charge in [-0.15, -0.1) is 6.42 Å². The fraction of sp³-hybridized carbons (Fsp3) is 0.400. The van der Waals surface area contributed by atoms with Gasteiger partial charge in [-0.05, 0) is 6.92 Å². The molecule has 0 aliphatic heterocycles. The summed E-state index contributed by atoms with van der Waals surface area (Å²) < 4.78 is 0. The van der Waals surface area contributed by atoms with Crippen LogP contribution < -0.4 is 10.6 Å². The zero-order chi connectivity index (χ0) is 10.4. The molecule has 1 aromatic rings. The Morgan fingerprint density at radius 2 is 2.29 bits per heavy atom. The third kappa shape index (κ3) is 2.44. The lowest BCUT2D eigenvalue weighted by Gasteiger charge is -2.18. The average Bonchev–Trinajstić information content (AvgIpc) is 2.26. The smallest absolute Gasteiger partial charge is 0.147 e. The van der Waals surface area contributed by atoms with E-state index in [0.717, 1.165) is 18.1 Å². The largest absolute Gasteiger partial charge is 0.344 e. The van der Waals surface area contributed by atoms with Crippen molar-refractivity contribution in [3.05, 3.63) is 18.1 Å². The quantitative estimate of drug-likeness (QED) is 0.698. The minimum absolute atomic E-state index is 0.411. The highest BCUT2D eigenvalue weighted by atomic mass is 15.2. The van der Waals surface area contributed by atoms with Crippen molar-refractivity contribution in [3.8, 4) is 12.3 Å². The topological polar surface area (TPSA) is 55.0 Å². The van der Waals surface area contributed by atoms with Crippen molar-refractivity contribution in [1.29, 1.82) is 0 Å². The van der Waals surface area contributed by atoms with Crippen LogP contribution in [0.3, 0.4) is 0 Å². The molecule has 0 saturated carbocycles. The molecule has 0 atom stereocenters. The van der Waals surface area contributed by atoms with E-state index in [2.05, 4.69) is 15.9 Å². The molecule has 0 aromatic carbocycles. The zero-order valence-electron chi connectivity index (χ0n) is 8.27. The maximum Gasteiger partial charge on any atom is 0.147 e. The molecule has 1 heterocycles. The van der Waals surface area contributed by atoms with Crippen molar-refractivity contribution in [2.24, 2.45) is 5.73 Å². The Balaban J connectivity index is 2.79. The Labute approximate surface area is 84.2 Å². The summed E-state index contributed by atoms with van der Waals surface area (Å²) in [6.45, 7) is 3.80. The highest BCUT2D eigenvalue weighted by Gasteiger charge is 2.03. The molecule has 1 rings (SSSR count). The van der Waals surface area contributed by atoms with Crippen LogP contribution in [-0.4, -0.2) is 23.1 Å². The first kappa shape index (κ1) is 10.5. The molecule has 4 heteroatoms. The van der Waals surface area contributed by atoms with Crippen molar-refractivity contribution in [2.45, 2.75) is 13.5 Å². The van der Waals surface area contributed by atoms with E-state index >= 15 is 0 Å². The van der Waals surface area contributed by atoms with E-state index in [1.54, 1.807) is 12.4 Å². The number of nitrogens with zero attached hydrogens (tertiary/aromatic N) is 3. The van der Waals surface area contributed by atoms with Gasteiger partial charge in [0.15, 0.2) is 0 Å². The first-order chi connectivity index (χ1) is 6.81. The maximum absolute atomic E-state index is 5.42. The second-order valence-corrected chi connectivity index (χ2v) is 2.79. The van der Waals surface area contributed by atoms with Crippen LogP contribution in [0.2, 0.25) is 0 Å². The van der Waals surface area contributed by atoms with Gasteiger partial charge in [0.25, 0.3) is 0 Å². The molecular formula is C10H14N4. The van der Waals surface area contributed by atoms with E-state index in [4.69, 9.17) is 12.2 Å². The number of hydrogen-bond donors (Lipinski definition) is 1. The predicted octanol–water partition coefficient (Wildman–Crippen LogP) is 0.395. The number of terminal acetylenes is 1. The molecule has 0 bridgehead atoms. The van der Waals surface area contributed by atoms with Gasteiger partial charge >= 0.3 is 0 Å². The van der Waals surface area contributed by atoms with E-state index in [1.165, 1.54) is 0 Å². The van der Waals surface area contributed by atoms with Gasteiger partial charge in [-0.1, -0.05) is 5.92 Å². The number of nitrogens with two attached hydrogens (primary N) is 1. The summed E-state index contributed by atoms with van der Waals surface area (Å²) in [4.78, 5) is 10.3. The molecule has 0 radical (unpaired) electrons. The van der Waals surface area contributed by atoms with Crippen LogP contribution in [-0.2, 0) is 6.54 Å².